The van der Waals surface area contributed by atoms with E-state index in [4.69, 9.17) is 10.8 Å². The number of carboxylic acid groups (broad SMARTS) is 1. The van der Waals surface area contributed by atoms with E-state index in [2.05, 4.69) is 0 Å². The van der Waals surface area contributed by atoms with Gasteiger partial charge < -0.3 is 15.7 Å². The molecular formula is C11H20N2O3. The third-order valence-corrected chi connectivity index (χ3v) is 2.98. The number of likely N-dealkylation sites (tertiary alicyclic amines) is 1. The van der Waals surface area contributed by atoms with Crippen LogP contribution >= 0.6 is 0 Å². The Morgan fingerprint density at radius 1 is 1.56 bits per heavy atom. The van der Waals surface area contributed by atoms with Crippen molar-refractivity contribution in [3.63, 3.8) is 0 Å². The molecular weight excluding hydrogens is 208 g/mol. The minimum atomic E-state index is -0.794. The third-order valence-electron chi connectivity index (χ3n) is 2.98. The number of amides is 1. The predicted octanol–water partition coefficient (Wildman–Crippen LogP) is 0.437. The maximum atomic E-state index is 11.8. The summed E-state index contributed by atoms with van der Waals surface area (Å²) in [7, 11) is 0. The van der Waals surface area contributed by atoms with Crippen LogP contribution in [-0.2, 0) is 9.59 Å². The van der Waals surface area contributed by atoms with Gasteiger partial charge in [0, 0.05) is 19.5 Å². The first-order valence-corrected chi connectivity index (χ1v) is 5.80. The molecule has 0 bridgehead atoms. The van der Waals surface area contributed by atoms with E-state index in [1.165, 1.54) is 0 Å². The summed E-state index contributed by atoms with van der Waals surface area (Å²) in [6.45, 7) is 3.18. The zero-order valence-corrected chi connectivity index (χ0v) is 9.69. The van der Waals surface area contributed by atoms with Crippen molar-refractivity contribution in [3.05, 3.63) is 0 Å². The summed E-state index contributed by atoms with van der Waals surface area (Å²) in [4.78, 5) is 24.1. The van der Waals surface area contributed by atoms with Crippen LogP contribution in [0.25, 0.3) is 0 Å². The lowest BCUT2D eigenvalue weighted by Gasteiger charge is -2.20. The Bertz CT molecular complexity index is 268. The third kappa shape index (κ3) is 3.48. The van der Waals surface area contributed by atoms with Crippen molar-refractivity contribution in [1.82, 2.24) is 4.90 Å². The van der Waals surface area contributed by atoms with Crippen molar-refractivity contribution < 1.29 is 14.7 Å². The van der Waals surface area contributed by atoms with E-state index in [9.17, 15) is 9.59 Å². The summed E-state index contributed by atoms with van der Waals surface area (Å²) >= 11 is 0. The molecule has 0 spiro atoms. The van der Waals surface area contributed by atoms with Crippen LogP contribution in [0, 0.1) is 5.92 Å². The largest absolute Gasteiger partial charge is 0.481 e. The van der Waals surface area contributed by atoms with Gasteiger partial charge >= 0.3 is 5.97 Å². The molecule has 16 heavy (non-hydrogen) atoms. The lowest BCUT2D eigenvalue weighted by Crippen LogP contribution is -2.42. The fraction of sp³-hybridized carbons (Fsp3) is 0.818. The molecule has 0 aromatic carbocycles. The lowest BCUT2D eigenvalue weighted by molar-refractivity contribution is -0.138. The fourth-order valence-corrected chi connectivity index (χ4v) is 2.12. The first kappa shape index (κ1) is 13.0. The Morgan fingerprint density at radius 2 is 2.25 bits per heavy atom. The van der Waals surface area contributed by atoms with Crippen molar-refractivity contribution in [2.45, 2.75) is 38.6 Å². The number of hydrogen-bond donors (Lipinski definition) is 2. The molecule has 0 aromatic rings. The molecule has 1 saturated heterocycles. The summed E-state index contributed by atoms with van der Waals surface area (Å²) in [6, 6.07) is -0.423. The van der Waals surface area contributed by atoms with Gasteiger partial charge in [0.05, 0.1) is 6.04 Å². The molecule has 1 unspecified atom stereocenters. The molecule has 1 amide bonds. The number of rotatable bonds is 5. The van der Waals surface area contributed by atoms with E-state index < -0.39 is 12.0 Å². The topological polar surface area (TPSA) is 83.6 Å². The van der Waals surface area contributed by atoms with Crippen LogP contribution in [0.1, 0.15) is 32.6 Å². The Labute approximate surface area is 95.6 Å². The molecule has 1 aliphatic heterocycles. The van der Waals surface area contributed by atoms with Crippen LogP contribution in [0.5, 0.6) is 0 Å². The van der Waals surface area contributed by atoms with Gasteiger partial charge in [-0.1, -0.05) is 13.3 Å². The van der Waals surface area contributed by atoms with Crippen LogP contribution in [0.4, 0.5) is 0 Å². The second-order valence-corrected chi connectivity index (χ2v) is 4.43. The summed E-state index contributed by atoms with van der Waals surface area (Å²) in [5.74, 6) is -0.734. The summed E-state index contributed by atoms with van der Waals surface area (Å²) in [6.07, 6.45) is 2.50. The van der Waals surface area contributed by atoms with Gasteiger partial charge in [-0.15, -0.1) is 0 Å². The number of carbonyl (C=O) groups excluding carboxylic acids is 1. The van der Waals surface area contributed by atoms with Gasteiger partial charge in [0.25, 0.3) is 0 Å². The smallest absolute Gasteiger partial charge is 0.303 e. The van der Waals surface area contributed by atoms with Gasteiger partial charge in [-0.3, -0.25) is 9.59 Å². The molecule has 0 saturated carbocycles. The average molecular weight is 228 g/mol. The molecule has 2 atom stereocenters. The van der Waals surface area contributed by atoms with Crippen molar-refractivity contribution in [3.8, 4) is 0 Å². The highest BCUT2D eigenvalue weighted by atomic mass is 16.4. The van der Waals surface area contributed by atoms with Crippen LogP contribution in [0.15, 0.2) is 0 Å². The normalized spacial score (nSPS) is 22.1. The van der Waals surface area contributed by atoms with Gasteiger partial charge in [0.2, 0.25) is 5.91 Å². The van der Waals surface area contributed by atoms with Crippen molar-refractivity contribution in [1.29, 1.82) is 0 Å². The van der Waals surface area contributed by atoms with Gasteiger partial charge in [-0.05, 0) is 18.8 Å². The Hall–Kier alpha value is -1.10. The van der Waals surface area contributed by atoms with E-state index >= 15 is 0 Å². The molecule has 5 heteroatoms. The number of carbonyl (C=O) groups is 2. The van der Waals surface area contributed by atoms with E-state index in [0.717, 1.165) is 12.8 Å². The predicted molar refractivity (Wildman–Crippen MR) is 59.8 cm³/mol. The van der Waals surface area contributed by atoms with E-state index in [-0.39, 0.29) is 18.2 Å². The van der Waals surface area contributed by atoms with Gasteiger partial charge in [-0.25, -0.2) is 0 Å². The van der Waals surface area contributed by atoms with Gasteiger partial charge in [-0.2, -0.15) is 0 Å². The van der Waals surface area contributed by atoms with Crippen LogP contribution in [0.2, 0.25) is 0 Å². The maximum absolute atomic E-state index is 11.8. The highest BCUT2D eigenvalue weighted by Crippen LogP contribution is 2.20. The zero-order valence-electron chi connectivity index (χ0n) is 9.69. The van der Waals surface area contributed by atoms with E-state index in [1.807, 2.05) is 6.92 Å². The van der Waals surface area contributed by atoms with Crippen LogP contribution < -0.4 is 5.73 Å². The summed E-state index contributed by atoms with van der Waals surface area (Å²) < 4.78 is 0. The van der Waals surface area contributed by atoms with Gasteiger partial charge in [0.1, 0.15) is 0 Å². The minimum Gasteiger partial charge on any atom is -0.481 e. The van der Waals surface area contributed by atoms with Crippen molar-refractivity contribution in [2.24, 2.45) is 11.7 Å². The second-order valence-electron chi connectivity index (χ2n) is 4.43. The van der Waals surface area contributed by atoms with Gasteiger partial charge in [0.15, 0.2) is 0 Å². The zero-order chi connectivity index (χ0) is 12.1. The Morgan fingerprint density at radius 3 is 2.81 bits per heavy atom. The minimum absolute atomic E-state index is 0.0326. The van der Waals surface area contributed by atoms with Crippen LogP contribution in [-0.4, -0.2) is 41.0 Å². The molecule has 1 heterocycles. The molecule has 0 aromatic heterocycles. The first-order valence-electron chi connectivity index (χ1n) is 5.80. The quantitative estimate of drug-likeness (QED) is 0.715. The van der Waals surface area contributed by atoms with Crippen molar-refractivity contribution >= 4 is 11.9 Å². The lowest BCUT2D eigenvalue weighted by atomic mass is 10.1. The molecule has 0 radical (unpaired) electrons. The number of nitrogens with zero attached hydrogens (tertiary/aromatic N) is 1. The number of nitrogens with two attached hydrogens (primary N) is 1. The monoisotopic (exact) mass is 228 g/mol. The van der Waals surface area contributed by atoms with E-state index in [0.29, 0.717) is 19.5 Å². The summed E-state index contributed by atoms with van der Waals surface area (Å²) in [5.41, 5.74) is 5.75. The first-order chi connectivity index (χ1) is 7.54. The maximum Gasteiger partial charge on any atom is 0.303 e. The molecule has 0 aliphatic carbocycles. The van der Waals surface area contributed by atoms with Crippen LogP contribution in [0.3, 0.4) is 0 Å². The molecule has 1 fully saturated rings. The Kier molecular flexibility index (Phi) is 4.73. The number of carboxylic acids is 1. The SMILES string of the molecule is CCC[C@@H](N)C(=O)N1CCC(CC(=O)O)C1. The molecule has 1 rings (SSSR count). The standard InChI is InChI=1S/C11H20N2O3/c1-2-3-9(12)11(16)13-5-4-8(7-13)6-10(14)15/h8-9H,2-7,12H2,1H3,(H,14,15)/t8?,9-/m1/s1. The molecule has 3 N–H and O–H groups in total. The highest BCUT2D eigenvalue weighted by Gasteiger charge is 2.29. The van der Waals surface area contributed by atoms with Crippen molar-refractivity contribution in [2.75, 3.05) is 13.1 Å². The molecule has 1 aliphatic rings. The second kappa shape index (κ2) is 5.84. The van der Waals surface area contributed by atoms with E-state index in [1.54, 1.807) is 4.90 Å². The molecule has 92 valence electrons. The average Bonchev–Trinajstić information content (AvgIpc) is 2.64. The Balaban J connectivity index is 2.40. The highest BCUT2D eigenvalue weighted by molar-refractivity contribution is 5.82. The fourth-order valence-electron chi connectivity index (χ4n) is 2.12. The number of hydrogen-bond acceptors (Lipinski definition) is 3. The number of aliphatic carboxylic acids is 1. The summed E-state index contributed by atoms with van der Waals surface area (Å²) in [5, 5.41) is 8.66. The molecule has 5 nitrogen and oxygen atoms in total.